The summed E-state index contributed by atoms with van der Waals surface area (Å²) in [5.74, 6) is 1.71. The van der Waals surface area contributed by atoms with E-state index in [0.717, 1.165) is 16.3 Å². The summed E-state index contributed by atoms with van der Waals surface area (Å²) >= 11 is 3.51. The van der Waals surface area contributed by atoms with E-state index in [-0.39, 0.29) is 0 Å². The normalized spacial score (nSPS) is 29.1. The Morgan fingerprint density at radius 2 is 1.76 bits per heavy atom. The van der Waals surface area contributed by atoms with Gasteiger partial charge in [0.15, 0.2) is 0 Å². The Morgan fingerprint density at radius 1 is 1.12 bits per heavy atom. The Hall–Kier alpha value is -0.500. The lowest BCUT2D eigenvalue weighted by Gasteiger charge is -2.33. The van der Waals surface area contributed by atoms with E-state index in [2.05, 4.69) is 60.2 Å². The van der Waals surface area contributed by atoms with Crippen LogP contribution in [0, 0.1) is 18.8 Å². The number of benzene rings is 1. The molecule has 1 saturated carbocycles. The molecule has 1 nitrogen and oxygen atoms in total. The second-order valence-corrected chi connectivity index (χ2v) is 6.63. The Bertz CT molecular complexity index is 379. The van der Waals surface area contributed by atoms with Crippen molar-refractivity contribution in [2.75, 3.05) is 5.32 Å². The Kier molecular flexibility index (Phi) is 4.13. The molecule has 1 aromatic rings. The predicted octanol–water partition coefficient (Wildman–Crippen LogP) is 4.99. The molecule has 1 fully saturated rings. The van der Waals surface area contributed by atoms with Crippen molar-refractivity contribution in [2.45, 2.75) is 46.1 Å². The summed E-state index contributed by atoms with van der Waals surface area (Å²) in [4.78, 5) is 0. The molecular formula is C15H22BrN. The van der Waals surface area contributed by atoms with Gasteiger partial charge in [0.2, 0.25) is 0 Å². The second kappa shape index (κ2) is 5.43. The first-order valence-electron chi connectivity index (χ1n) is 6.57. The first-order chi connectivity index (χ1) is 8.04. The van der Waals surface area contributed by atoms with E-state index in [1.54, 1.807) is 0 Å². The highest BCUT2D eigenvalue weighted by molar-refractivity contribution is 9.10. The highest BCUT2D eigenvalue weighted by Gasteiger charge is 2.23. The molecule has 0 heterocycles. The van der Waals surface area contributed by atoms with Crippen molar-refractivity contribution in [1.82, 2.24) is 0 Å². The fourth-order valence-corrected chi connectivity index (χ4v) is 3.55. The number of nitrogens with one attached hydrogen (secondary N) is 1. The van der Waals surface area contributed by atoms with E-state index < -0.39 is 0 Å². The van der Waals surface area contributed by atoms with E-state index >= 15 is 0 Å². The number of aryl methyl sites for hydroxylation is 1. The Labute approximate surface area is 113 Å². The van der Waals surface area contributed by atoms with Gasteiger partial charge in [-0.2, -0.15) is 0 Å². The summed E-state index contributed by atoms with van der Waals surface area (Å²) < 4.78 is 1.16. The highest BCUT2D eigenvalue weighted by Crippen LogP contribution is 2.31. The van der Waals surface area contributed by atoms with Gasteiger partial charge in [-0.25, -0.2) is 0 Å². The Balaban J connectivity index is 2.04. The van der Waals surface area contributed by atoms with E-state index in [1.165, 1.54) is 30.5 Å². The van der Waals surface area contributed by atoms with Crippen molar-refractivity contribution in [3.63, 3.8) is 0 Å². The summed E-state index contributed by atoms with van der Waals surface area (Å²) in [6, 6.07) is 7.13. The van der Waals surface area contributed by atoms with Crippen molar-refractivity contribution in [3.8, 4) is 0 Å². The maximum absolute atomic E-state index is 3.72. The van der Waals surface area contributed by atoms with E-state index in [9.17, 15) is 0 Å². The fourth-order valence-electron chi connectivity index (χ4n) is 3.07. The van der Waals surface area contributed by atoms with Crippen molar-refractivity contribution in [3.05, 3.63) is 28.2 Å². The van der Waals surface area contributed by atoms with Gasteiger partial charge in [0.1, 0.15) is 0 Å². The quantitative estimate of drug-likeness (QED) is 0.810. The van der Waals surface area contributed by atoms with Crippen LogP contribution in [0.4, 0.5) is 5.69 Å². The third-order valence-corrected chi connectivity index (χ3v) is 4.22. The zero-order valence-electron chi connectivity index (χ0n) is 11.0. The van der Waals surface area contributed by atoms with Crippen LogP contribution < -0.4 is 5.32 Å². The standard InChI is InChI=1S/C15H22BrN/c1-10-6-11(2)8-14(7-10)17-15-5-4-13(16)9-12(15)3/h4-5,9-11,14,17H,6-8H2,1-3H3. The SMILES string of the molecule is Cc1cc(Br)ccc1NC1CC(C)CC(C)C1. The van der Waals surface area contributed by atoms with Crippen LogP contribution in [0.2, 0.25) is 0 Å². The molecular weight excluding hydrogens is 274 g/mol. The minimum atomic E-state index is 0.647. The lowest BCUT2D eigenvalue weighted by molar-refractivity contribution is 0.281. The minimum absolute atomic E-state index is 0.647. The van der Waals surface area contributed by atoms with Crippen molar-refractivity contribution in [2.24, 2.45) is 11.8 Å². The van der Waals surface area contributed by atoms with Gasteiger partial charge in [0.05, 0.1) is 0 Å². The fraction of sp³-hybridized carbons (Fsp3) is 0.600. The molecule has 0 saturated heterocycles. The van der Waals surface area contributed by atoms with Crippen LogP contribution >= 0.6 is 15.9 Å². The summed E-state index contributed by atoms with van der Waals surface area (Å²) in [5.41, 5.74) is 2.62. The van der Waals surface area contributed by atoms with Crippen LogP contribution in [0.25, 0.3) is 0 Å². The number of rotatable bonds is 2. The van der Waals surface area contributed by atoms with Gasteiger partial charge >= 0.3 is 0 Å². The lowest BCUT2D eigenvalue weighted by Crippen LogP contribution is -2.30. The first kappa shape index (κ1) is 12.9. The molecule has 94 valence electrons. The maximum atomic E-state index is 3.72. The molecule has 0 aliphatic heterocycles. The average molecular weight is 296 g/mol. The van der Waals surface area contributed by atoms with Gasteiger partial charge < -0.3 is 5.32 Å². The molecule has 2 atom stereocenters. The topological polar surface area (TPSA) is 12.0 Å². The van der Waals surface area contributed by atoms with Gasteiger partial charge in [0, 0.05) is 16.2 Å². The van der Waals surface area contributed by atoms with Crippen LogP contribution in [0.1, 0.15) is 38.7 Å². The molecule has 0 spiro atoms. The molecule has 1 aromatic carbocycles. The van der Waals surface area contributed by atoms with Crippen molar-refractivity contribution >= 4 is 21.6 Å². The van der Waals surface area contributed by atoms with Crippen LogP contribution in [-0.4, -0.2) is 6.04 Å². The monoisotopic (exact) mass is 295 g/mol. The van der Waals surface area contributed by atoms with Crippen LogP contribution in [-0.2, 0) is 0 Å². The van der Waals surface area contributed by atoms with Crippen LogP contribution in [0.5, 0.6) is 0 Å². The van der Waals surface area contributed by atoms with Gasteiger partial charge in [-0.1, -0.05) is 29.8 Å². The smallest absolute Gasteiger partial charge is 0.0372 e. The lowest BCUT2D eigenvalue weighted by atomic mass is 9.80. The molecule has 1 N–H and O–H groups in total. The van der Waals surface area contributed by atoms with Crippen molar-refractivity contribution in [1.29, 1.82) is 0 Å². The number of hydrogen-bond donors (Lipinski definition) is 1. The largest absolute Gasteiger partial charge is 0.382 e. The van der Waals surface area contributed by atoms with E-state index in [0.29, 0.717) is 6.04 Å². The zero-order chi connectivity index (χ0) is 12.4. The van der Waals surface area contributed by atoms with Crippen LogP contribution in [0.15, 0.2) is 22.7 Å². The molecule has 0 aromatic heterocycles. The molecule has 2 rings (SSSR count). The van der Waals surface area contributed by atoms with Gasteiger partial charge in [-0.05, 0) is 61.8 Å². The van der Waals surface area contributed by atoms with Gasteiger partial charge in [-0.15, -0.1) is 0 Å². The third-order valence-electron chi connectivity index (χ3n) is 3.73. The molecule has 0 radical (unpaired) electrons. The third kappa shape index (κ3) is 3.48. The van der Waals surface area contributed by atoms with Crippen LogP contribution in [0.3, 0.4) is 0 Å². The highest BCUT2D eigenvalue weighted by atomic mass is 79.9. The number of anilines is 1. The molecule has 2 unspecified atom stereocenters. The summed E-state index contributed by atoms with van der Waals surface area (Å²) in [7, 11) is 0. The number of hydrogen-bond acceptors (Lipinski definition) is 1. The van der Waals surface area contributed by atoms with E-state index in [4.69, 9.17) is 0 Å². The Morgan fingerprint density at radius 3 is 2.35 bits per heavy atom. The molecule has 1 aliphatic rings. The summed E-state index contributed by atoms with van der Waals surface area (Å²) in [5, 5.41) is 3.72. The first-order valence-corrected chi connectivity index (χ1v) is 7.36. The van der Waals surface area contributed by atoms with Crippen molar-refractivity contribution < 1.29 is 0 Å². The summed E-state index contributed by atoms with van der Waals surface area (Å²) in [6.07, 6.45) is 4.00. The molecule has 0 amide bonds. The van der Waals surface area contributed by atoms with Gasteiger partial charge in [0.25, 0.3) is 0 Å². The summed E-state index contributed by atoms with van der Waals surface area (Å²) in [6.45, 7) is 6.92. The molecule has 2 heteroatoms. The van der Waals surface area contributed by atoms with Gasteiger partial charge in [-0.3, -0.25) is 0 Å². The number of halogens is 1. The molecule has 0 bridgehead atoms. The van der Waals surface area contributed by atoms with E-state index in [1.807, 2.05) is 0 Å². The minimum Gasteiger partial charge on any atom is -0.382 e. The molecule has 17 heavy (non-hydrogen) atoms. The second-order valence-electron chi connectivity index (χ2n) is 5.72. The predicted molar refractivity (Wildman–Crippen MR) is 78.5 cm³/mol. The maximum Gasteiger partial charge on any atom is 0.0372 e. The zero-order valence-corrected chi connectivity index (χ0v) is 12.5. The molecule has 1 aliphatic carbocycles. The average Bonchev–Trinajstić information content (AvgIpc) is 2.21.